The summed E-state index contributed by atoms with van der Waals surface area (Å²) < 4.78 is 0. The van der Waals surface area contributed by atoms with E-state index in [1.54, 1.807) is 13.8 Å². The standard InChI is InChI=1S/C17H28N4O7S/c1-8(2)13(18)15(25)19-9(6-12(22)23)16(26)21-5-3-4-11(21)14(24)20-10(7-29)17(27)28/h8-11,13,29H,3-7,18H2,1-2H3,(H,19,25)(H,20,24)(H,22,23)(H,27,28). The van der Waals surface area contributed by atoms with Gasteiger partial charge in [0, 0.05) is 12.3 Å². The highest BCUT2D eigenvalue weighted by Gasteiger charge is 2.39. The summed E-state index contributed by atoms with van der Waals surface area (Å²) in [5.41, 5.74) is 5.76. The predicted octanol–water partition coefficient (Wildman–Crippen LogP) is -1.58. The van der Waals surface area contributed by atoms with Crippen molar-refractivity contribution in [2.24, 2.45) is 11.7 Å². The molecule has 1 rings (SSSR count). The molecule has 1 heterocycles. The van der Waals surface area contributed by atoms with E-state index >= 15 is 0 Å². The molecule has 12 heteroatoms. The minimum absolute atomic E-state index is 0.132. The van der Waals surface area contributed by atoms with Gasteiger partial charge in [-0.2, -0.15) is 12.6 Å². The molecule has 3 amide bonds. The molecule has 4 unspecified atom stereocenters. The monoisotopic (exact) mass is 432 g/mol. The van der Waals surface area contributed by atoms with Gasteiger partial charge in [0.25, 0.3) is 0 Å². The minimum atomic E-state index is -1.39. The van der Waals surface area contributed by atoms with Crippen molar-refractivity contribution in [3.63, 3.8) is 0 Å². The number of nitrogens with zero attached hydrogens (tertiary/aromatic N) is 1. The SMILES string of the molecule is CC(C)C(N)C(=O)NC(CC(=O)O)C(=O)N1CCCC1C(=O)NC(CS)C(=O)O. The molecule has 0 aromatic carbocycles. The Kier molecular flexibility index (Phi) is 9.37. The van der Waals surface area contributed by atoms with Crippen LogP contribution in [-0.4, -0.2) is 81.2 Å². The molecule has 0 radical (unpaired) electrons. The van der Waals surface area contributed by atoms with Crippen molar-refractivity contribution in [1.29, 1.82) is 0 Å². The number of nitrogens with one attached hydrogen (secondary N) is 2. The third kappa shape index (κ3) is 6.89. The number of nitrogens with two attached hydrogens (primary N) is 1. The minimum Gasteiger partial charge on any atom is -0.481 e. The Morgan fingerprint density at radius 2 is 1.76 bits per heavy atom. The van der Waals surface area contributed by atoms with Gasteiger partial charge in [0.05, 0.1) is 12.5 Å². The Labute approximate surface area is 173 Å². The van der Waals surface area contributed by atoms with E-state index in [-0.39, 0.29) is 24.6 Å². The quantitative estimate of drug-likeness (QED) is 0.224. The lowest BCUT2D eigenvalue weighted by molar-refractivity contribution is -0.147. The molecule has 0 bridgehead atoms. The van der Waals surface area contributed by atoms with E-state index in [2.05, 4.69) is 23.3 Å². The van der Waals surface area contributed by atoms with Crippen LogP contribution in [0.15, 0.2) is 0 Å². The van der Waals surface area contributed by atoms with Crippen molar-refractivity contribution in [3.8, 4) is 0 Å². The maximum Gasteiger partial charge on any atom is 0.327 e. The fourth-order valence-electron chi connectivity index (χ4n) is 2.90. The van der Waals surface area contributed by atoms with Crippen LogP contribution < -0.4 is 16.4 Å². The van der Waals surface area contributed by atoms with Crippen LogP contribution in [0.4, 0.5) is 0 Å². The molecular weight excluding hydrogens is 404 g/mol. The maximum absolute atomic E-state index is 12.9. The molecule has 1 fully saturated rings. The van der Waals surface area contributed by atoms with Crippen LogP contribution in [0.1, 0.15) is 33.1 Å². The number of amides is 3. The molecule has 11 nitrogen and oxygen atoms in total. The number of thiol groups is 1. The third-order valence-electron chi connectivity index (χ3n) is 4.65. The molecular formula is C17H28N4O7S. The Hall–Kier alpha value is -2.34. The number of carbonyl (C=O) groups is 5. The zero-order chi connectivity index (χ0) is 22.3. The molecule has 164 valence electrons. The molecule has 0 aromatic rings. The Morgan fingerprint density at radius 1 is 1.14 bits per heavy atom. The molecule has 0 saturated carbocycles. The fourth-order valence-corrected chi connectivity index (χ4v) is 3.15. The van der Waals surface area contributed by atoms with Crippen LogP contribution in [0.2, 0.25) is 0 Å². The molecule has 1 aliphatic rings. The Bertz CT molecular complexity index is 658. The predicted molar refractivity (Wildman–Crippen MR) is 105 cm³/mol. The van der Waals surface area contributed by atoms with E-state index in [0.717, 1.165) is 0 Å². The van der Waals surface area contributed by atoms with Gasteiger partial charge in [-0.1, -0.05) is 13.8 Å². The molecule has 4 atom stereocenters. The highest BCUT2D eigenvalue weighted by Crippen LogP contribution is 2.20. The second kappa shape index (κ2) is 11.0. The first-order valence-corrected chi connectivity index (χ1v) is 9.85. The first-order chi connectivity index (χ1) is 13.5. The average molecular weight is 432 g/mol. The Balaban J connectivity index is 2.95. The number of carboxylic acid groups (broad SMARTS) is 2. The maximum atomic E-state index is 12.9. The molecule has 1 saturated heterocycles. The van der Waals surface area contributed by atoms with Gasteiger partial charge in [-0.25, -0.2) is 4.79 Å². The summed E-state index contributed by atoms with van der Waals surface area (Å²) in [5.74, 6) is -4.99. The highest BCUT2D eigenvalue weighted by atomic mass is 32.1. The summed E-state index contributed by atoms with van der Waals surface area (Å²) in [6.45, 7) is 3.59. The van der Waals surface area contributed by atoms with Crippen molar-refractivity contribution in [2.45, 2.75) is 57.3 Å². The zero-order valence-electron chi connectivity index (χ0n) is 16.3. The summed E-state index contributed by atoms with van der Waals surface area (Å²) in [6, 6.07) is -4.50. The number of rotatable bonds is 10. The zero-order valence-corrected chi connectivity index (χ0v) is 17.2. The largest absolute Gasteiger partial charge is 0.481 e. The fraction of sp³-hybridized carbons (Fsp3) is 0.706. The van der Waals surface area contributed by atoms with Gasteiger partial charge in [0.15, 0.2) is 0 Å². The summed E-state index contributed by atoms with van der Waals surface area (Å²) in [4.78, 5) is 61.0. The number of carboxylic acids is 2. The van der Waals surface area contributed by atoms with Crippen LogP contribution >= 0.6 is 12.6 Å². The van der Waals surface area contributed by atoms with Crippen molar-refractivity contribution in [3.05, 3.63) is 0 Å². The summed E-state index contributed by atoms with van der Waals surface area (Å²) in [5, 5.41) is 22.8. The van der Waals surface area contributed by atoms with Crippen LogP contribution in [0.3, 0.4) is 0 Å². The second-order valence-electron chi connectivity index (χ2n) is 7.20. The molecule has 0 aromatic heterocycles. The Morgan fingerprint density at radius 3 is 2.24 bits per heavy atom. The summed E-state index contributed by atoms with van der Waals surface area (Å²) in [6.07, 6.45) is 0.0893. The third-order valence-corrected chi connectivity index (χ3v) is 5.02. The van der Waals surface area contributed by atoms with E-state index in [1.165, 1.54) is 4.90 Å². The van der Waals surface area contributed by atoms with Gasteiger partial charge >= 0.3 is 11.9 Å². The molecule has 6 N–H and O–H groups in total. The first kappa shape index (κ1) is 24.7. The van der Waals surface area contributed by atoms with Crippen molar-refractivity contribution in [2.75, 3.05) is 12.3 Å². The number of likely N-dealkylation sites (tertiary alicyclic amines) is 1. The van der Waals surface area contributed by atoms with Gasteiger partial charge in [0.2, 0.25) is 17.7 Å². The van der Waals surface area contributed by atoms with Crippen LogP contribution in [0, 0.1) is 5.92 Å². The smallest absolute Gasteiger partial charge is 0.327 e. The van der Waals surface area contributed by atoms with Gasteiger partial charge in [-0.05, 0) is 18.8 Å². The lowest BCUT2D eigenvalue weighted by Crippen LogP contribution is -2.57. The highest BCUT2D eigenvalue weighted by molar-refractivity contribution is 7.80. The van der Waals surface area contributed by atoms with E-state index < -0.39 is 60.2 Å². The van der Waals surface area contributed by atoms with E-state index in [9.17, 15) is 24.0 Å². The van der Waals surface area contributed by atoms with Crippen molar-refractivity contribution in [1.82, 2.24) is 15.5 Å². The normalized spacial score (nSPS) is 19.3. The number of hydrogen-bond donors (Lipinski definition) is 6. The lowest BCUT2D eigenvalue weighted by atomic mass is 10.0. The average Bonchev–Trinajstić information content (AvgIpc) is 3.13. The van der Waals surface area contributed by atoms with Crippen molar-refractivity contribution < 1.29 is 34.2 Å². The number of hydrogen-bond acceptors (Lipinski definition) is 7. The van der Waals surface area contributed by atoms with Crippen LogP contribution in [-0.2, 0) is 24.0 Å². The van der Waals surface area contributed by atoms with E-state index in [1.807, 2.05) is 0 Å². The van der Waals surface area contributed by atoms with Gasteiger partial charge in [-0.3, -0.25) is 19.2 Å². The number of aliphatic carboxylic acids is 2. The summed E-state index contributed by atoms with van der Waals surface area (Å²) >= 11 is 3.88. The molecule has 0 aliphatic carbocycles. The van der Waals surface area contributed by atoms with E-state index in [0.29, 0.717) is 6.42 Å². The topological polar surface area (TPSA) is 179 Å². The summed E-state index contributed by atoms with van der Waals surface area (Å²) in [7, 11) is 0. The van der Waals surface area contributed by atoms with Crippen molar-refractivity contribution >= 4 is 42.3 Å². The van der Waals surface area contributed by atoms with Crippen LogP contribution in [0.25, 0.3) is 0 Å². The lowest BCUT2D eigenvalue weighted by Gasteiger charge is -2.29. The van der Waals surface area contributed by atoms with Gasteiger partial charge < -0.3 is 31.5 Å². The first-order valence-electron chi connectivity index (χ1n) is 9.21. The number of carbonyl (C=O) groups excluding carboxylic acids is 3. The van der Waals surface area contributed by atoms with Crippen LogP contribution in [0.5, 0.6) is 0 Å². The van der Waals surface area contributed by atoms with Gasteiger partial charge in [0.1, 0.15) is 18.1 Å². The molecule has 29 heavy (non-hydrogen) atoms. The molecule has 1 aliphatic heterocycles. The second-order valence-corrected chi connectivity index (χ2v) is 7.57. The molecule has 0 spiro atoms. The van der Waals surface area contributed by atoms with E-state index in [4.69, 9.17) is 15.9 Å². The van der Waals surface area contributed by atoms with Gasteiger partial charge in [-0.15, -0.1) is 0 Å².